The Kier molecular flexibility index (Phi) is 7.57. The number of benzene rings is 2. The number of likely N-dealkylation sites (tertiary alicyclic amines) is 1. The third-order valence-electron chi connectivity index (χ3n) is 9.51. The predicted molar refractivity (Wildman–Crippen MR) is 158 cm³/mol. The molecule has 6 atom stereocenters. The van der Waals surface area contributed by atoms with Gasteiger partial charge in [0.2, 0.25) is 11.8 Å². The first kappa shape index (κ1) is 30.3. The lowest BCUT2D eigenvalue weighted by molar-refractivity contribution is -0.141. The standard InChI is InChI=1S/C32H29Cl2FN2O7/c33-31-16-22-19(13-14-21-25(22)28(42)36(27(21)41)15-5-1-2-8-24(39)40)26(20-6-3-4-7-23(20)38)32(31,34)30(44)37(29(31)43)18-11-9-17(35)10-12-18/h3-4,6-7,9-13,21-22,25-26,38H,1-2,5,8,14-16H2,(H,39,40). The third-order valence-corrected chi connectivity index (χ3v) is 10.9. The number of phenolic OH excluding ortho intramolecular Hbond substituents is 1. The fourth-order valence-corrected chi connectivity index (χ4v) is 8.41. The molecule has 6 rings (SSSR count). The highest BCUT2D eigenvalue weighted by Gasteiger charge is 2.76. The molecule has 3 fully saturated rings. The number of aliphatic carboxylic acids is 1. The van der Waals surface area contributed by atoms with Crippen molar-refractivity contribution in [2.24, 2.45) is 17.8 Å². The molecule has 2 aliphatic heterocycles. The molecular formula is C32H29Cl2FN2O7. The molecule has 4 aliphatic rings. The topological polar surface area (TPSA) is 132 Å². The zero-order valence-corrected chi connectivity index (χ0v) is 24.9. The van der Waals surface area contributed by atoms with Crippen molar-refractivity contribution in [3.63, 3.8) is 0 Å². The number of imide groups is 2. The minimum absolute atomic E-state index is 0.00408. The summed E-state index contributed by atoms with van der Waals surface area (Å²) in [6.45, 7) is 0.135. The van der Waals surface area contributed by atoms with Gasteiger partial charge in [0.1, 0.15) is 11.6 Å². The minimum Gasteiger partial charge on any atom is -0.508 e. The Balaban J connectivity index is 1.41. The lowest BCUT2D eigenvalue weighted by Crippen LogP contribution is -2.60. The summed E-state index contributed by atoms with van der Waals surface area (Å²) >= 11 is 14.5. The van der Waals surface area contributed by atoms with Gasteiger partial charge < -0.3 is 10.2 Å². The molecule has 2 aromatic rings. The largest absolute Gasteiger partial charge is 0.508 e. The maximum Gasteiger partial charge on any atom is 0.303 e. The van der Waals surface area contributed by atoms with Crippen molar-refractivity contribution in [3.05, 3.63) is 71.6 Å². The van der Waals surface area contributed by atoms with E-state index in [0.717, 1.165) is 17.0 Å². The number of aromatic hydroxyl groups is 1. The van der Waals surface area contributed by atoms with Crippen LogP contribution in [-0.4, -0.2) is 61.0 Å². The predicted octanol–water partition coefficient (Wildman–Crippen LogP) is 4.74. The Bertz CT molecular complexity index is 1610. The highest BCUT2D eigenvalue weighted by atomic mass is 35.5. The van der Waals surface area contributed by atoms with Crippen molar-refractivity contribution >= 4 is 58.5 Å². The number of halogens is 3. The number of allylic oxidation sites excluding steroid dienone is 2. The van der Waals surface area contributed by atoms with Crippen LogP contribution >= 0.6 is 23.2 Å². The van der Waals surface area contributed by atoms with Crippen molar-refractivity contribution in [3.8, 4) is 5.75 Å². The van der Waals surface area contributed by atoms with Gasteiger partial charge in [0.25, 0.3) is 11.8 Å². The number of anilines is 1. The van der Waals surface area contributed by atoms with Gasteiger partial charge in [-0.25, -0.2) is 9.29 Å². The summed E-state index contributed by atoms with van der Waals surface area (Å²) < 4.78 is 13.8. The van der Waals surface area contributed by atoms with Crippen LogP contribution in [0.4, 0.5) is 10.1 Å². The van der Waals surface area contributed by atoms with E-state index in [9.17, 15) is 33.5 Å². The molecule has 2 N–H and O–H groups in total. The number of carbonyl (C=O) groups excluding carboxylic acids is 4. The highest BCUT2D eigenvalue weighted by molar-refractivity contribution is 6.58. The number of phenols is 1. The van der Waals surface area contributed by atoms with E-state index in [1.165, 1.54) is 23.1 Å². The van der Waals surface area contributed by atoms with E-state index in [1.807, 2.05) is 0 Å². The second-order valence-electron chi connectivity index (χ2n) is 11.8. The van der Waals surface area contributed by atoms with Gasteiger partial charge in [-0.3, -0.25) is 28.9 Å². The van der Waals surface area contributed by atoms with Gasteiger partial charge in [-0.1, -0.05) is 36.3 Å². The van der Waals surface area contributed by atoms with Crippen molar-refractivity contribution in [1.29, 1.82) is 0 Å². The van der Waals surface area contributed by atoms with E-state index < -0.39 is 62.9 Å². The fourth-order valence-electron chi connectivity index (χ4n) is 7.48. The number of nitrogens with zero attached hydrogens (tertiary/aromatic N) is 2. The maximum absolute atomic E-state index is 14.3. The molecule has 12 heteroatoms. The van der Waals surface area contributed by atoms with E-state index in [1.54, 1.807) is 24.3 Å². The number of unbranched alkanes of at least 4 members (excludes halogenated alkanes) is 2. The first-order chi connectivity index (χ1) is 20.9. The van der Waals surface area contributed by atoms with Gasteiger partial charge in [0, 0.05) is 24.4 Å². The molecule has 4 amide bonds. The monoisotopic (exact) mass is 642 g/mol. The van der Waals surface area contributed by atoms with Gasteiger partial charge in [0.15, 0.2) is 9.75 Å². The lowest BCUT2D eigenvalue weighted by Gasteiger charge is -2.50. The number of carboxylic acid groups (broad SMARTS) is 1. The number of para-hydroxylation sites is 1. The molecule has 2 heterocycles. The molecule has 0 radical (unpaired) electrons. The Morgan fingerprint density at radius 3 is 2.32 bits per heavy atom. The van der Waals surface area contributed by atoms with Gasteiger partial charge in [0.05, 0.1) is 17.5 Å². The number of hydrogen-bond acceptors (Lipinski definition) is 6. The molecular weight excluding hydrogens is 614 g/mol. The molecule has 44 heavy (non-hydrogen) atoms. The Labute approximate surface area is 262 Å². The third kappa shape index (κ3) is 4.36. The van der Waals surface area contributed by atoms with Crippen LogP contribution < -0.4 is 4.90 Å². The first-order valence-corrected chi connectivity index (χ1v) is 15.2. The summed E-state index contributed by atoms with van der Waals surface area (Å²) in [6, 6.07) is 11.0. The molecule has 2 aromatic carbocycles. The minimum atomic E-state index is -2.12. The zero-order valence-electron chi connectivity index (χ0n) is 23.4. The second kappa shape index (κ2) is 11.0. The normalized spacial score (nSPS) is 31.1. The van der Waals surface area contributed by atoms with Crippen LogP contribution in [0.1, 0.15) is 50.0 Å². The van der Waals surface area contributed by atoms with Gasteiger partial charge in [-0.2, -0.15) is 0 Å². The van der Waals surface area contributed by atoms with Crippen molar-refractivity contribution < 1.29 is 38.6 Å². The number of rotatable bonds is 8. The summed E-state index contributed by atoms with van der Waals surface area (Å²) in [4.78, 5) is 64.5. The maximum atomic E-state index is 14.3. The Morgan fingerprint density at radius 2 is 1.64 bits per heavy atom. The summed E-state index contributed by atoms with van der Waals surface area (Å²) in [5, 5.41) is 19.9. The number of carboxylic acids is 1. The molecule has 2 aliphatic carbocycles. The molecule has 230 valence electrons. The fraction of sp³-hybridized carbons (Fsp3) is 0.406. The Morgan fingerprint density at radius 1 is 0.932 bits per heavy atom. The molecule has 9 nitrogen and oxygen atoms in total. The average molecular weight is 643 g/mol. The summed E-state index contributed by atoms with van der Waals surface area (Å²) in [6.07, 6.45) is 3.13. The lowest BCUT2D eigenvalue weighted by atomic mass is 9.56. The summed E-state index contributed by atoms with van der Waals surface area (Å²) in [7, 11) is 0. The van der Waals surface area contributed by atoms with Gasteiger partial charge >= 0.3 is 5.97 Å². The second-order valence-corrected chi connectivity index (χ2v) is 13.1. The highest BCUT2D eigenvalue weighted by Crippen LogP contribution is 2.66. The smallest absolute Gasteiger partial charge is 0.303 e. The number of alkyl halides is 2. The van der Waals surface area contributed by atoms with E-state index in [2.05, 4.69) is 0 Å². The van der Waals surface area contributed by atoms with Gasteiger partial charge in [-0.05, 0) is 61.9 Å². The average Bonchev–Trinajstić information content (AvgIpc) is 3.31. The van der Waals surface area contributed by atoms with Crippen LogP contribution in [0, 0.1) is 23.6 Å². The van der Waals surface area contributed by atoms with E-state index in [0.29, 0.717) is 24.8 Å². The van der Waals surface area contributed by atoms with Gasteiger partial charge in [-0.15, -0.1) is 23.2 Å². The quantitative estimate of drug-likeness (QED) is 0.184. The van der Waals surface area contributed by atoms with Crippen LogP contribution in [0.5, 0.6) is 5.75 Å². The van der Waals surface area contributed by atoms with E-state index in [4.69, 9.17) is 28.3 Å². The molecule has 6 unspecified atom stereocenters. The van der Waals surface area contributed by atoms with Crippen LogP contribution in [0.25, 0.3) is 0 Å². The van der Waals surface area contributed by atoms with Crippen molar-refractivity contribution in [2.45, 2.75) is 54.2 Å². The molecule has 2 saturated heterocycles. The molecule has 0 bridgehead atoms. The summed E-state index contributed by atoms with van der Waals surface area (Å²) in [5.74, 6) is -7.55. The first-order valence-electron chi connectivity index (χ1n) is 14.5. The molecule has 0 spiro atoms. The van der Waals surface area contributed by atoms with Crippen LogP contribution in [0.15, 0.2) is 60.2 Å². The SMILES string of the molecule is O=C(O)CCCCCN1C(=O)C2CC=C3C(CC4(Cl)C(=O)N(c5ccc(F)cc5)C(=O)C4(Cl)C3c3ccccc3O)C2C1=O. The number of fused-ring (bicyclic) bond motifs is 4. The summed E-state index contributed by atoms with van der Waals surface area (Å²) in [5.41, 5.74) is 0.865. The van der Waals surface area contributed by atoms with Crippen molar-refractivity contribution in [1.82, 2.24) is 4.90 Å². The van der Waals surface area contributed by atoms with Crippen molar-refractivity contribution in [2.75, 3.05) is 11.4 Å². The molecule has 0 aromatic heterocycles. The Hall–Kier alpha value is -3.76. The van der Waals surface area contributed by atoms with Crippen LogP contribution in [-0.2, 0) is 24.0 Å². The zero-order chi connectivity index (χ0) is 31.6. The van der Waals surface area contributed by atoms with Crippen LogP contribution in [0.3, 0.4) is 0 Å². The van der Waals surface area contributed by atoms with Crippen LogP contribution in [0.2, 0.25) is 0 Å². The van der Waals surface area contributed by atoms with E-state index >= 15 is 0 Å². The molecule has 1 saturated carbocycles. The number of carbonyl (C=O) groups is 5. The number of amides is 4. The number of hydrogen-bond donors (Lipinski definition) is 2. The van der Waals surface area contributed by atoms with E-state index in [-0.39, 0.29) is 48.7 Å².